The van der Waals surface area contributed by atoms with Gasteiger partial charge in [0.05, 0.1) is 0 Å². The number of ether oxygens (including phenoxy) is 1. The molecule has 2 rings (SSSR count). The van der Waals surface area contributed by atoms with Crippen LogP contribution in [0, 0.1) is 0 Å². The first-order valence-electron chi connectivity index (χ1n) is 6.13. The number of nitrogen functional groups attached to an aromatic ring is 1. The van der Waals surface area contributed by atoms with Crippen LogP contribution in [-0.2, 0) is 6.54 Å². The second-order valence-electron chi connectivity index (χ2n) is 4.62. The number of nitrogens with zero attached hydrogens (tertiary/aromatic N) is 1. The van der Waals surface area contributed by atoms with Crippen molar-refractivity contribution in [1.29, 1.82) is 0 Å². The minimum Gasteiger partial charge on any atom is -0.492 e. The Labute approximate surface area is 103 Å². The van der Waals surface area contributed by atoms with Gasteiger partial charge in [-0.05, 0) is 38.6 Å². The molecule has 94 valence electrons. The summed E-state index contributed by atoms with van der Waals surface area (Å²) in [6.07, 6.45) is 2.46. The summed E-state index contributed by atoms with van der Waals surface area (Å²) in [7, 11) is 2.14. The summed E-state index contributed by atoms with van der Waals surface area (Å²) in [6, 6.07) is 6.22. The van der Waals surface area contributed by atoms with Crippen LogP contribution in [-0.4, -0.2) is 31.1 Å². The molecule has 1 aliphatic heterocycles. The maximum Gasteiger partial charge on any atom is 0.125 e. The highest BCUT2D eigenvalue weighted by Crippen LogP contribution is 2.25. The summed E-state index contributed by atoms with van der Waals surface area (Å²) in [5.74, 6) is 0.827. The van der Waals surface area contributed by atoms with Crippen LogP contribution >= 0.6 is 0 Å². The van der Waals surface area contributed by atoms with Crippen LogP contribution in [0.25, 0.3) is 0 Å². The molecular formula is C13H21N3O. The Kier molecular flexibility index (Phi) is 3.86. The Hall–Kier alpha value is -1.26. The topological polar surface area (TPSA) is 64.5 Å². The van der Waals surface area contributed by atoms with Gasteiger partial charge in [-0.25, -0.2) is 0 Å². The third-order valence-corrected chi connectivity index (χ3v) is 3.48. The van der Waals surface area contributed by atoms with Gasteiger partial charge in [-0.1, -0.05) is 6.07 Å². The number of nitrogens with two attached hydrogens (primary N) is 2. The van der Waals surface area contributed by atoms with Crippen molar-refractivity contribution in [3.63, 3.8) is 0 Å². The predicted octanol–water partition coefficient (Wildman–Crippen LogP) is 1.20. The van der Waals surface area contributed by atoms with Crippen molar-refractivity contribution in [2.75, 3.05) is 25.9 Å². The van der Waals surface area contributed by atoms with Gasteiger partial charge in [-0.15, -0.1) is 0 Å². The van der Waals surface area contributed by atoms with Crippen LogP contribution < -0.4 is 16.2 Å². The van der Waals surface area contributed by atoms with E-state index in [2.05, 4.69) is 11.9 Å². The number of benzene rings is 1. The maximum atomic E-state index is 5.87. The normalized spacial score (nSPS) is 20.7. The van der Waals surface area contributed by atoms with Crippen molar-refractivity contribution in [3.05, 3.63) is 23.8 Å². The summed E-state index contributed by atoms with van der Waals surface area (Å²) in [5.41, 5.74) is 13.2. The lowest BCUT2D eigenvalue weighted by Gasteiger charge is -2.21. The summed E-state index contributed by atoms with van der Waals surface area (Å²) in [5, 5.41) is 0. The molecule has 17 heavy (non-hydrogen) atoms. The van der Waals surface area contributed by atoms with E-state index in [4.69, 9.17) is 16.2 Å². The zero-order valence-corrected chi connectivity index (χ0v) is 10.4. The molecule has 1 saturated heterocycles. The van der Waals surface area contributed by atoms with Crippen molar-refractivity contribution in [2.45, 2.75) is 25.4 Å². The van der Waals surface area contributed by atoms with Crippen molar-refractivity contribution < 1.29 is 4.74 Å². The fraction of sp³-hybridized carbons (Fsp3) is 0.538. The summed E-state index contributed by atoms with van der Waals surface area (Å²) >= 11 is 0. The third-order valence-electron chi connectivity index (χ3n) is 3.48. The first-order valence-corrected chi connectivity index (χ1v) is 6.13. The second kappa shape index (κ2) is 5.38. The SMILES string of the molecule is CN1CCCC1COc1cccc(N)c1CN. The lowest BCUT2D eigenvalue weighted by molar-refractivity contribution is 0.197. The van der Waals surface area contributed by atoms with E-state index in [1.165, 1.54) is 12.8 Å². The number of hydrogen-bond donors (Lipinski definition) is 2. The number of likely N-dealkylation sites (tertiary alicyclic amines) is 1. The van der Waals surface area contributed by atoms with Gasteiger partial charge < -0.3 is 21.1 Å². The van der Waals surface area contributed by atoms with E-state index in [0.29, 0.717) is 24.9 Å². The molecule has 1 aromatic carbocycles. The molecule has 1 fully saturated rings. The summed E-state index contributed by atoms with van der Waals surface area (Å²) in [6.45, 7) is 2.30. The molecule has 0 saturated carbocycles. The van der Waals surface area contributed by atoms with Crippen molar-refractivity contribution in [3.8, 4) is 5.75 Å². The lowest BCUT2D eigenvalue weighted by atomic mass is 10.1. The van der Waals surface area contributed by atoms with E-state index in [0.717, 1.165) is 17.9 Å². The Balaban J connectivity index is 2.01. The number of rotatable bonds is 4. The first kappa shape index (κ1) is 12.2. The van der Waals surface area contributed by atoms with E-state index in [1.54, 1.807) is 0 Å². The average Bonchev–Trinajstić information content (AvgIpc) is 2.72. The van der Waals surface area contributed by atoms with Crippen molar-refractivity contribution in [2.24, 2.45) is 5.73 Å². The van der Waals surface area contributed by atoms with Crippen LogP contribution in [0.5, 0.6) is 5.75 Å². The lowest BCUT2D eigenvalue weighted by Crippen LogP contribution is -2.30. The van der Waals surface area contributed by atoms with Gasteiger partial charge in [-0.2, -0.15) is 0 Å². The fourth-order valence-electron chi connectivity index (χ4n) is 2.31. The van der Waals surface area contributed by atoms with Crippen LogP contribution in [0.4, 0.5) is 5.69 Å². The molecule has 0 aromatic heterocycles. The number of hydrogen-bond acceptors (Lipinski definition) is 4. The quantitative estimate of drug-likeness (QED) is 0.770. The molecule has 4 nitrogen and oxygen atoms in total. The highest BCUT2D eigenvalue weighted by molar-refractivity contribution is 5.54. The van der Waals surface area contributed by atoms with Gasteiger partial charge >= 0.3 is 0 Å². The van der Waals surface area contributed by atoms with Crippen LogP contribution in [0.15, 0.2) is 18.2 Å². The molecule has 0 amide bonds. The molecule has 4 N–H and O–H groups in total. The molecule has 1 aliphatic rings. The van der Waals surface area contributed by atoms with Gasteiger partial charge in [-0.3, -0.25) is 0 Å². The molecule has 4 heteroatoms. The van der Waals surface area contributed by atoms with E-state index in [9.17, 15) is 0 Å². The first-order chi connectivity index (χ1) is 8.22. The van der Waals surface area contributed by atoms with Crippen LogP contribution in [0.1, 0.15) is 18.4 Å². The third kappa shape index (κ3) is 2.70. The standard InChI is InChI=1S/C13H21N3O/c1-16-7-3-4-10(16)9-17-13-6-2-5-12(15)11(13)8-14/h2,5-6,10H,3-4,7-9,14-15H2,1H3. The fourth-order valence-corrected chi connectivity index (χ4v) is 2.31. The number of anilines is 1. The number of likely N-dealkylation sites (N-methyl/N-ethyl adjacent to an activating group) is 1. The van der Waals surface area contributed by atoms with Gasteiger partial charge in [0.25, 0.3) is 0 Å². The molecular weight excluding hydrogens is 214 g/mol. The summed E-state index contributed by atoms with van der Waals surface area (Å²) in [4.78, 5) is 2.34. The van der Waals surface area contributed by atoms with Crippen LogP contribution in [0.2, 0.25) is 0 Å². The van der Waals surface area contributed by atoms with Crippen molar-refractivity contribution in [1.82, 2.24) is 4.90 Å². The maximum absolute atomic E-state index is 5.87. The monoisotopic (exact) mass is 235 g/mol. The Bertz CT molecular complexity index is 381. The van der Waals surface area contributed by atoms with E-state index in [-0.39, 0.29) is 0 Å². The van der Waals surface area contributed by atoms with Crippen molar-refractivity contribution >= 4 is 5.69 Å². The minimum atomic E-state index is 0.419. The predicted molar refractivity (Wildman–Crippen MR) is 69.9 cm³/mol. The molecule has 1 heterocycles. The van der Waals surface area contributed by atoms with Gasteiger partial charge in [0.15, 0.2) is 0 Å². The van der Waals surface area contributed by atoms with Gasteiger partial charge in [0.2, 0.25) is 0 Å². The molecule has 1 atom stereocenters. The van der Waals surface area contributed by atoms with Crippen LogP contribution in [0.3, 0.4) is 0 Å². The van der Waals surface area contributed by atoms with Gasteiger partial charge in [0, 0.05) is 23.8 Å². The minimum absolute atomic E-state index is 0.419. The zero-order chi connectivity index (χ0) is 12.3. The molecule has 0 aliphatic carbocycles. The van der Waals surface area contributed by atoms with E-state index in [1.807, 2.05) is 18.2 Å². The molecule has 1 unspecified atom stereocenters. The van der Waals surface area contributed by atoms with E-state index >= 15 is 0 Å². The van der Waals surface area contributed by atoms with E-state index < -0.39 is 0 Å². The van der Waals surface area contributed by atoms with Gasteiger partial charge in [0.1, 0.15) is 12.4 Å². The highest BCUT2D eigenvalue weighted by atomic mass is 16.5. The largest absolute Gasteiger partial charge is 0.492 e. The molecule has 1 aromatic rings. The molecule has 0 spiro atoms. The summed E-state index contributed by atoms with van der Waals surface area (Å²) < 4.78 is 5.86. The smallest absolute Gasteiger partial charge is 0.125 e. The zero-order valence-electron chi connectivity index (χ0n) is 10.4. The Morgan fingerprint density at radius 2 is 2.29 bits per heavy atom. The molecule has 0 radical (unpaired) electrons. The second-order valence-corrected chi connectivity index (χ2v) is 4.62. The molecule has 0 bridgehead atoms. The Morgan fingerprint density at radius 3 is 2.94 bits per heavy atom. The highest BCUT2D eigenvalue weighted by Gasteiger charge is 2.21. The average molecular weight is 235 g/mol. The Morgan fingerprint density at radius 1 is 1.47 bits per heavy atom.